The molecule has 2 saturated heterocycles. The standard InChI is InChI=1S/C10H18S2/c1-3-8-7-5-6-11-10(7)9(4-2)12-8/h7-10H,3-6H2,1-2H3. The molecule has 0 nitrogen and oxygen atoms in total. The Balaban J connectivity index is 2.05. The van der Waals surface area contributed by atoms with Crippen molar-refractivity contribution in [2.45, 2.75) is 48.9 Å². The quantitative estimate of drug-likeness (QED) is 0.673. The summed E-state index contributed by atoms with van der Waals surface area (Å²) >= 11 is 4.53. The minimum atomic E-state index is 0.979. The van der Waals surface area contributed by atoms with E-state index in [0.29, 0.717) is 0 Å². The van der Waals surface area contributed by atoms with E-state index in [2.05, 4.69) is 37.4 Å². The Hall–Kier alpha value is 0.700. The molecule has 70 valence electrons. The SMILES string of the molecule is CCC1SC(CC)C2SCCC12. The molecule has 0 bridgehead atoms. The molecule has 0 amide bonds. The van der Waals surface area contributed by atoms with Crippen LogP contribution >= 0.6 is 23.5 Å². The maximum Gasteiger partial charge on any atom is 0.0205 e. The van der Waals surface area contributed by atoms with Gasteiger partial charge in [0.1, 0.15) is 0 Å². The highest BCUT2D eigenvalue weighted by molar-refractivity contribution is 8.05. The van der Waals surface area contributed by atoms with Crippen molar-refractivity contribution in [2.75, 3.05) is 5.75 Å². The van der Waals surface area contributed by atoms with E-state index in [-0.39, 0.29) is 0 Å². The van der Waals surface area contributed by atoms with Crippen LogP contribution in [0.3, 0.4) is 0 Å². The van der Waals surface area contributed by atoms with E-state index < -0.39 is 0 Å². The Kier molecular flexibility index (Phi) is 2.96. The third-order valence-electron chi connectivity index (χ3n) is 3.18. The van der Waals surface area contributed by atoms with Crippen molar-refractivity contribution < 1.29 is 0 Å². The summed E-state index contributed by atoms with van der Waals surface area (Å²) in [5.41, 5.74) is 0. The molecule has 0 spiro atoms. The van der Waals surface area contributed by atoms with Crippen molar-refractivity contribution in [3.8, 4) is 0 Å². The molecule has 12 heavy (non-hydrogen) atoms. The van der Waals surface area contributed by atoms with Crippen LogP contribution in [0, 0.1) is 5.92 Å². The van der Waals surface area contributed by atoms with Gasteiger partial charge in [-0.1, -0.05) is 13.8 Å². The van der Waals surface area contributed by atoms with Crippen LogP contribution in [0.5, 0.6) is 0 Å². The monoisotopic (exact) mass is 202 g/mol. The summed E-state index contributed by atoms with van der Waals surface area (Å²) in [5, 5.41) is 2.99. The van der Waals surface area contributed by atoms with Gasteiger partial charge in [0.15, 0.2) is 0 Å². The van der Waals surface area contributed by atoms with Gasteiger partial charge < -0.3 is 0 Å². The Bertz CT molecular complexity index is 142. The summed E-state index contributed by atoms with van der Waals surface area (Å²) in [4.78, 5) is 0. The molecular weight excluding hydrogens is 184 g/mol. The van der Waals surface area contributed by atoms with Crippen molar-refractivity contribution in [1.82, 2.24) is 0 Å². The number of hydrogen-bond donors (Lipinski definition) is 0. The van der Waals surface area contributed by atoms with Crippen LogP contribution in [-0.4, -0.2) is 21.5 Å². The van der Waals surface area contributed by atoms with Gasteiger partial charge in [-0.2, -0.15) is 23.5 Å². The van der Waals surface area contributed by atoms with Crippen LogP contribution < -0.4 is 0 Å². The van der Waals surface area contributed by atoms with Crippen LogP contribution in [0.4, 0.5) is 0 Å². The first-order valence-electron chi connectivity index (χ1n) is 5.13. The lowest BCUT2D eigenvalue weighted by Gasteiger charge is -2.14. The maximum absolute atomic E-state index is 2.36. The van der Waals surface area contributed by atoms with Gasteiger partial charge in [-0.05, 0) is 30.9 Å². The minimum Gasteiger partial charge on any atom is -0.157 e. The molecule has 2 heterocycles. The predicted octanol–water partition coefficient (Wildman–Crippen LogP) is 3.41. The average molecular weight is 202 g/mol. The van der Waals surface area contributed by atoms with Crippen LogP contribution in [0.2, 0.25) is 0 Å². The molecule has 4 atom stereocenters. The van der Waals surface area contributed by atoms with E-state index in [9.17, 15) is 0 Å². The molecule has 2 aliphatic heterocycles. The third kappa shape index (κ3) is 1.41. The molecule has 2 fully saturated rings. The lowest BCUT2D eigenvalue weighted by molar-refractivity contribution is 0.500. The van der Waals surface area contributed by atoms with Crippen molar-refractivity contribution in [3.63, 3.8) is 0 Å². The van der Waals surface area contributed by atoms with Gasteiger partial charge in [-0.3, -0.25) is 0 Å². The van der Waals surface area contributed by atoms with E-state index >= 15 is 0 Å². The normalized spacial score (nSPS) is 46.5. The molecule has 2 rings (SSSR count). The van der Waals surface area contributed by atoms with E-state index in [1.807, 2.05) is 0 Å². The second-order valence-corrected chi connectivity index (χ2v) is 6.59. The Morgan fingerprint density at radius 3 is 2.58 bits per heavy atom. The molecule has 0 aromatic rings. The number of rotatable bonds is 2. The van der Waals surface area contributed by atoms with Crippen molar-refractivity contribution in [1.29, 1.82) is 0 Å². The molecule has 2 heteroatoms. The zero-order valence-electron chi connectivity index (χ0n) is 7.95. The van der Waals surface area contributed by atoms with E-state index in [4.69, 9.17) is 0 Å². The number of thioether (sulfide) groups is 2. The zero-order valence-corrected chi connectivity index (χ0v) is 9.59. The fourth-order valence-corrected chi connectivity index (χ4v) is 6.42. The summed E-state index contributed by atoms with van der Waals surface area (Å²) in [6.45, 7) is 4.71. The molecule has 0 saturated carbocycles. The molecule has 0 radical (unpaired) electrons. The first-order chi connectivity index (χ1) is 5.86. The molecule has 0 aromatic carbocycles. The van der Waals surface area contributed by atoms with Crippen molar-refractivity contribution in [3.05, 3.63) is 0 Å². The predicted molar refractivity (Wildman–Crippen MR) is 60.1 cm³/mol. The lowest BCUT2D eigenvalue weighted by Crippen LogP contribution is -2.18. The van der Waals surface area contributed by atoms with E-state index in [1.165, 1.54) is 25.0 Å². The summed E-state index contributed by atoms with van der Waals surface area (Å²) in [6, 6.07) is 0. The van der Waals surface area contributed by atoms with Gasteiger partial charge in [-0.25, -0.2) is 0 Å². The molecule has 0 aromatic heterocycles. The van der Waals surface area contributed by atoms with Gasteiger partial charge >= 0.3 is 0 Å². The highest BCUT2D eigenvalue weighted by atomic mass is 32.2. The zero-order chi connectivity index (χ0) is 8.55. The van der Waals surface area contributed by atoms with E-state index in [0.717, 1.165) is 21.7 Å². The van der Waals surface area contributed by atoms with Crippen LogP contribution in [0.15, 0.2) is 0 Å². The Morgan fingerprint density at radius 2 is 1.92 bits per heavy atom. The highest BCUT2D eigenvalue weighted by Crippen LogP contribution is 2.52. The molecule has 0 aliphatic carbocycles. The number of fused-ring (bicyclic) bond motifs is 1. The Morgan fingerprint density at radius 1 is 1.17 bits per heavy atom. The van der Waals surface area contributed by atoms with Crippen molar-refractivity contribution in [2.24, 2.45) is 5.92 Å². The van der Waals surface area contributed by atoms with Crippen LogP contribution in [0.25, 0.3) is 0 Å². The summed E-state index contributed by atoms with van der Waals surface area (Å²) in [5.74, 6) is 2.50. The average Bonchev–Trinajstić information content (AvgIpc) is 2.63. The summed E-state index contributed by atoms with van der Waals surface area (Å²) in [7, 11) is 0. The second-order valence-electron chi connectivity index (χ2n) is 3.82. The third-order valence-corrected chi connectivity index (χ3v) is 6.90. The van der Waals surface area contributed by atoms with E-state index in [1.54, 1.807) is 0 Å². The van der Waals surface area contributed by atoms with Gasteiger partial charge in [0.2, 0.25) is 0 Å². The van der Waals surface area contributed by atoms with Gasteiger partial charge in [0, 0.05) is 15.7 Å². The first-order valence-corrected chi connectivity index (χ1v) is 7.13. The first kappa shape index (κ1) is 9.26. The number of hydrogen-bond acceptors (Lipinski definition) is 2. The fourth-order valence-electron chi connectivity index (χ4n) is 2.54. The van der Waals surface area contributed by atoms with Crippen LogP contribution in [0.1, 0.15) is 33.1 Å². The smallest absolute Gasteiger partial charge is 0.0205 e. The second kappa shape index (κ2) is 3.83. The molecule has 2 aliphatic rings. The summed E-state index contributed by atoms with van der Waals surface area (Å²) in [6.07, 6.45) is 4.27. The molecule has 4 unspecified atom stereocenters. The van der Waals surface area contributed by atoms with Gasteiger partial charge in [-0.15, -0.1) is 0 Å². The topological polar surface area (TPSA) is 0 Å². The largest absolute Gasteiger partial charge is 0.157 e. The minimum absolute atomic E-state index is 0.979. The van der Waals surface area contributed by atoms with Gasteiger partial charge in [0.25, 0.3) is 0 Å². The highest BCUT2D eigenvalue weighted by Gasteiger charge is 2.44. The maximum atomic E-state index is 2.36. The molecular formula is C10H18S2. The lowest BCUT2D eigenvalue weighted by atomic mass is 9.94. The van der Waals surface area contributed by atoms with Crippen molar-refractivity contribution >= 4 is 23.5 Å². The molecule has 0 N–H and O–H groups in total. The van der Waals surface area contributed by atoms with Crippen LogP contribution in [-0.2, 0) is 0 Å². The fraction of sp³-hybridized carbons (Fsp3) is 1.00. The summed E-state index contributed by atoms with van der Waals surface area (Å²) < 4.78 is 0. The van der Waals surface area contributed by atoms with Gasteiger partial charge in [0.05, 0.1) is 0 Å². The Labute approximate surface area is 84.3 Å².